The number of ether oxygens (including phenoxy) is 1. The minimum absolute atomic E-state index is 0.0949. The minimum atomic E-state index is -1.04. The van der Waals surface area contributed by atoms with E-state index in [4.69, 9.17) is 14.7 Å². The Kier molecular flexibility index (Phi) is 5.00. The molecule has 0 bridgehead atoms. The van der Waals surface area contributed by atoms with E-state index < -0.39 is 5.97 Å². The van der Waals surface area contributed by atoms with E-state index >= 15 is 0 Å². The van der Waals surface area contributed by atoms with Crippen LogP contribution in [0.3, 0.4) is 0 Å². The Hall–Kier alpha value is -2.04. The van der Waals surface area contributed by atoms with Crippen molar-refractivity contribution in [2.75, 3.05) is 6.61 Å². The van der Waals surface area contributed by atoms with E-state index in [0.717, 1.165) is 6.42 Å². The van der Waals surface area contributed by atoms with Crippen LogP contribution in [-0.2, 0) is 4.84 Å². The van der Waals surface area contributed by atoms with Crippen LogP contribution in [-0.4, -0.2) is 23.6 Å². The molecule has 0 radical (unpaired) electrons. The van der Waals surface area contributed by atoms with Crippen molar-refractivity contribution in [3.05, 3.63) is 29.8 Å². The van der Waals surface area contributed by atoms with Gasteiger partial charge in [-0.3, -0.25) is 0 Å². The third-order valence-corrected chi connectivity index (χ3v) is 1.86. The highest BCUT2D eigenvalue weighted by Gasteiger charge is 2.11. The molecule has 0 amide bonds. The number of para-hydroxylation sites is 1. The molecule has 0 aromatic heterocycles. The summed E-state index contributed by atoms with van der Waals surface area (Å²) in [5.74, 6) is -0.517. The maximum Gasteiger partial charge on any atom is 0.339 e. The van der Waals surface area contributed by atoms with E-state index in [-0.39, 0.29) is 17.2 Å². The summed E-state index contributed by atoms with van der Waals surface area (Å²) >= 11 is 0. The van der Waals surface area contributed by atoms with Gasteiger partial charge in [0, 0.05) is 6.92 Å². The van der Waals surface area contributed by atoms with Gasteiger partial charge in [0.25, 0.3) is 0 Å². The van der Waals surface area contributed by atoms with Crippen molar-refractivity contribution in [3.63, 3.8) is 0 Å². The number of rotatable bonds is 5. The van der Waals surface area contributed by atoms with E-state index in [1.807, 2.05) is 6.92 Å². The Morgan fingerprint density at radius 1 is 1.41 bits per heavy atom. The van der Waals surface area contributed by atoms with Gasteiger partial charge in [-0.15, -0.1) is 0 Å². The maximum absolute atomic E-state index is 10.9. The number of nitrogens with zero attached hydrogens (tertiary/aromatic N) is 1. The SMILES string of the molecule is CCCO/N=C(\C)Oc1ccccc1C(=O)O. The number of oxime groups is 1. The van der Waals surface area contributed by atoms with Crippen molar-refractivity contribution < 1.29 is 19.5 Å². The van der Waals surface area contributed by atoms with E-state index in [1.54, 1.807) is 25.1 Å². The third kappa shape index (κ3) is 4.14. The summed E-state index contributed by atoms with van der Waals surface area (Å²) in [5.41, 5.74) is 0.0949. The number of carboxylic acids is 1. The fraction of sp³-hybridized carbons (Fsp3) is 0.333. The van der Waals surface area contributed by atoms with Gasteiger partial charge in [0.15, 0.2) is 0 Å². The average molecular weight is 237 g/mol. The summed E-state index contributed by atoms with van der Waals surface area (Å²) in [4.78, 5) is 15.8. The third-order valence-electron chi connectivity index (χ3n) is 1.86. The molecule has 1 N–H and O–H groups in total. The number of hydrogen-bond acceptors (Lipinski definition) is 4. The summed E-state index contributed by atoms with van der Waals surface area (Å²) in [6.07, 6.45) is 0.850. The molecule has 0 spiro atoms. The number of benzene rings is 1. The van der Waals surface area contributed by atoms with Crippen molar-refractivity contribution >= 4 is 11.9 Å². The maximum atomic E-state index is 10.9. The van der Waals surface area contributed by atoms with Gasteiger partial charge in [-0.05, 0) is 18.6 Å². The Morgan fingerprint density at radius 2 is 2.12 bits per heavy atom. The zero-order valence-electron chi connectivity index (χ0n) is 9.84. The van der Waals surface area contributed by atoms with Gasteiger partial charge in [0.1, 0.15) is 17.9 Å². The fourth-order valence-corrected chi connectivity index (χ4v) is 1.14. The Balaban J connectivity index is 2.74. The van der Waals surface area contributed by atoms with Crippen molar-refractivity contribution in [1.29, 1.82) is 0 Å². The van der Waals surface area contributed by atoms with E-state index in [9.17, 15) is 4.79 Å². The second-order valence-corrected chi connectivity index (χ2v) is 3.35. The van der Waals surface area contributed by atoms with Crippen molar-refractivity contribution in [1.82, 2.24) is 0 Å². The Bertz CT molecular complexity index is 415. The molecule has 0 aliphatic carbocycles. The molecule has 5 nitrogen and oxygen atoms in total. The molecule has 5 heteroatoms. The summed E-state index contributed by atoms with van der Waals surface area (Å²) in [6, 6.07) is 6.37. The molecule has 0 unspecified atom stereocenters. The smallest absolute Gasteiger partial charge is 0.339 e. The van der Waals surface area contributed by atoms with Crippen LogP contribution in [0.2, 0.25) is 0 Å². The molecule has 92 valence electrons. The molecular weight excluding hydrogens is 222 g/mol. The average Bonchev–Trinajstić information content (AvgIpc) is 2.29. The molecule has 1 aromatic rings. The van der Waals surface area contributed by atoms with Crippen molar-refractivity contribution in [3.8, 4) is 5.75 Å². The van der Waals surface area contributed by atoms with Crippen LogP contribution in [0.25, 0.3) is 0 Å². The highest BCUT2D eigenvalue weighted by Crippen LogP contribution is 2.18. The first kappa shape index (κ1) is 13.0. The molecule has 0 aliphatic rings. The number of hydrogen-bond donors (Lipinski definition) is 1. The molecule has 0 heterocycles. The molecule has 0 fully saturated rings. The topological polar surface area (TPSA) is 68.1 Å². The van der Waals surface area contributed by atoms with E-state index in [0.29, 0.717) is 6.61 Å². The largest absolute Gasteiger partial charge is 0.478 e. The quantitative estimate of drug-likeness (QED) is 0.370. The lowest BCUT2D eigenvalue weighted by molar-refractivity contribution is 0.0694. The Labute approximate surface area is 99.7 Å². The van der Waals surface area contributed by atoms with Crippen LogP contribution in [0.1, 0.15) is 30.6 Å². The standard InChI is InChI=1S/C12H15NO4/c1-3-8-16-13-9(2)17-11-7-5-4-6-10(11)12(14)15/h4-7H,3,8H2,1-2H3,(H,14,15)/b13-9+. The molecular formula is C12H15NO4. The van der Waals surface area contributed by atoms with Gasteiger partial charge < -0.3 is 14.7 Å². The first-order valence-electron chi connectivity index (χ1n) is 5.32. The lowest BCUT2D eigenvalue weighted by Crippen LogP contribution is -2.08. The van der Waals surface area contributed by atoms with Crippen LogP contribution >= 0.6 is 0 Å². The van der Waals surface area contributed by atoms with Gasteiger partial charge in [0.05, 0.1) is 0 Å². The normalized spacial score (nSPS) is 11.1. The fourth-order valence-electron chi connectivity index (χ4n) is 1.14. The highest BCUT2D eigenvalue weighted by molar-refractivity contribution is 5.92. The Morgan fingerprint density at radius 3 is 2.76 bits per heavy atom. The molecule has 0 atom stereocenters. The number of carbonyl (C=O) groups is 1. The zero-order chi connectivity index (χ0) is 12.7. The number of aromatic carboxylic acids is 1. The van der Waals surface area contributed by atoms with Gasteiger partial charge in [-0.2, -0.15) is 0 Å². The zero-order valence-corrected chi connectivity index (χ0v) is 9.84. The first-order chi connectivity index (χ1) is 8.15. The predicted octanol–water partition coefficient (Wildman–Crippen LogP) is 2.52. The molecule has 0 saturated heterocycles. The summed E-state index contributed by atoms with van der Waals surface area (Å²) < 4.78 is 5.30. The van der Waals surface area contributed by atoms with Crippen molar-refractivity contribution in [2.24, 2.45) is 5.16 Å². The van der Waals surface area contributed by atoms with Crippen LogP contribution in [0.4, 0.5) is 0 Å². The van der Waals surface area contributed by atoms with Gasteiger partial charge in [-0.25, -0.2) is 4.79 Å². The summed E-state index contributed by atoms with van der Waals surface area (Å²) in [7, 11) is 0. The summed E-state index contributed by atoms with van der Waals surface area (Å²) in [6.45, 7) is 4.07. The highest BCUT2D eigenvalue weighted by atomic mass is 16.6. The second-order valence-electron chi connectivity index (χ2n) is 3.35. The molecule has 1 aromatic carbocycles. The molecule has 0 saturated carbocycles. The second kappa shape index (κ2) is 6.52. The van der Waals surface area contributed by atoms with Crippen molar-refractivity contribution in [2.45, 2.75) is 20.3 Å². The minimum Gasteiger partial charge on any atom is -0.478 e. The van der Waals surface area contributed by atoms with Crippen LogP contribution in [0, 0.1) is 0 Å². The summed E-state index contributed by atoms with van der Waals surface area (Å²) in [5, 5.41) is 12.7. The van der Waals surface area contributed by atoms with Gasteiger partial charge in [0.2, 0.25) is 5.90 Å². The van der Waals surface area contributed by atoms with E-state index in [1.165, 1.54) is 6.07 Å². The lowest BCUT2D eigenvalue weighted by Gasteiger charge is -2.07. The number of carboxylic acid groups (broad SMARTS) is 1. The lowest BCUT2D eigenvalue weighted by atomic mass is 10.2. The van der Waals surface area contributed by atoms with Crippen LogP contribution < -0.4 is 4.74 Å². The van der Waals surface area contributed by atoms with Gasteiger partial charge in [-0.1, -0.05) is 24.2 Å². The molecule has 17 heavy (non-hydrogen) atoms. The monoisotopic (exact) mass is 237 g/mol. The molecule has 1 rings (SSSR count). The van der Waals surface area contributed by atoms with Crippen LogP contribution in [0.5, 0.6) is 5.75 Å². The van der Waals surface area contributed by atoms with Gasteiger partial charge >= 0.3 is 5.97 Å². The van der Waals surface area contributed by atoms with E-state index in [2.05, 4.69) is 5.16 Å². The first-order valence-corrected chi connectivity index (χ1v) is 5.32. The van der Waals surface area contributed by atoms with Crippen LogP contribution in [0.15, 0.2) is 29.4 Å². The predicted molar refractivity (Wildman–Crippen MR) is 63.4 cm³/mol. The molecule has 0 aliphatic heterocycles.